The molecule has 0 aromatic carbocycles. The van der Waals surface area contributed by atoms with Gasteiger partial charge in [0.2, 0.25) is 0 Å². The highest BCUT2D eigenvalue weighted by Gasteiger charge is 2.09. The van der Waals surface area contributed by atoms with Crippen molar-refractivity contribution < 1.29 is 9.47 Å². The maximum atomic E-state index is 5.25. The van der Waals surface area contributed by atoms with E-state index in [0.29, 0.717) is 6.04 Å². The molecule has 0 amide bonds. The molecular formula is C7H15NO2. The zero-order chi connectivity index (χ0) is 7.23. The van der Waals surface area contributed by atoms with E-state index in [-0.39, 0.29) is 0 Å². The standard InChI is InChI=1S/C7H15NO2/c1-9-6-7-2-4-10-5-3-8-7/h7-8H,2-6H2,1H3. The molecule has 0 radical (unpaired) electrons. The molecule has 1 aliphatic heterocycles. The van der Waals surface area contributed by atoms with Gasteiger partial charge in [-0.3, -0.25) is 0 Å². The summed E-state index contributed by atoms with van der Waals surface area (Å²) in [6, 6.07) is 0.493. The second-order valence-electron chi connectivity index (χ2n) is 2.51. The van der Waals surface area contributed by atoms with Crippen LogP contribution < -0.4 is 5.32 Å². The minimum Gasteiger partial charge on any atom is -0.383 e. The third-order valence-electron chi connectivity index (χ3n) is 1.66. The highest BCUT2D eigenvalue weighted by molar-refractivity contribution is 4.67. The van der Waals surface area contributed by atoms with Crippen LogP contribution in [0.1, 0.15) is 6.42 Å². The van der Waals surface area contributed by atoms with E-state index >= 15 is 0 Å². The van der Waals surface area contributed by atoms with E-state index < -0.39 is 0 Å². The van der Waals surface area contributed by atoms with Crippen molar-refractivity contribution in [3.05, 3.63) is 0 Å². The van der Waals surface area contributed by atoms with Crippen molar-refractivity contribution in [2.45, 2.75) is 12.5 Å². The van der Waals surface area contributed by atoms with Gasteiger partial charge in [-0.05, 0) is 6.42 Å². The minimum absolute atomic E-state index is 0.493. The molecule has 0 aromatic heterocycles. The van der Waals surface area contributed by atoms with Gasteiger partial charge in [-0.2, -0.15) is 0 Å². The van der Waals surface area contributed by atoms with Crippen molar-refractivity contribution in [1.29, 1.82) is 0 Å². The third kappa shape index (κ3) is 2.64. The number of nitrogens with one attached hydrogen (secondary N) is 1. The lowest BCUT2D eigenvalue weighted by molar-refractivity contribution is 0.138. The largest absolute Gasteiger partial charge is 0.383 e. The fourth-order valence-electron chi connectivity index (χ4n) is 1.11. The molecule has 0 spiro atoms. The maximum Gasteiger partial charge on any atom is 0.0616 e. The zero-order valence-corrected chi connectivity index (χ0v) is 6.43. The molecule has 60 valence electrons. The molecule has 0 aliphatic carbocycles. The maximum absolute atomic E-state index is 5.25. The average molecular weight is 145 g/mol. The van der Waals surface area contributed by atoms with Crippen LogP contribution in [0.2, 0.25) is 0 Å². The molecule has 0 aromatic rings. The first-order chi connectivity index (χ1) is 4.93. The van der Waals surface area contributed by atoms with Crippen molar-refractivity contribution in [2.75, 3.05) is 33.5 Å². The molecule has 1 unspecified atom stereocenters. The van der Waals surface area contributed by atoms with Crippen molar-refractivity contribution in [1.82, 2.24) is 5.32 Å². The third-order valence-corrected chi connectivity index (χ3v) is 1.66. The Balaban J connectivity index is 2.15. The SMILES string of the molecule is COCC1CCOCCN1. The Morgan fingerprint density at radius 2 is 2.50 bits per heavy atom. The van der Waals surface area contributed by atoms with E-state index in [2.05, 4.69) is 5.32 Å². The summed E-state index contributed by atoms with van der Waals surface area (Å²) >= 11 is 0. The van der Waals surface area contributed by atoms with Crippen LogP contribution >= 0.6 is 0 Å². The summed E-state index contributed by atoms with van der Waals surface area (Å²) in [6.45, 7) is 3.44. The molecule has 3 heteroatoms. The fourth-order valence-corrected chi connectivity index (χ4v) is 1.11. The highest BCUT2D eigenvalue weighted by Crippen LogP contribution is 1.96. The summed E-state index contributed by atoms with van der Waals surface area (Å²) in [5.41, 5.74) is 0. The molecule has 0 saturated carbocycles. The molecule has 1 atom stereocenters. The summed E-state index contributed by atoms with van der Waals surface area (Å²) in [5, 5.41) is 3.33. The van der Waals surface area contributed by atoms with E-state index in [9.17, 15) is 0 Å². The summed E-state index contributed by atoms with van der Waals surface area (Å²) < 4.78 is 10.3. The molecular weight excluding hydrogens is 130 g/mol. The van der Waals surface area contributed by atoms with Gasteiger partial charge in [0, 0.05) is 26.3 Å². The van der Waals surface area contributed by atoms with E-state index in [1.54, 1.807) is 7.11 Å². The number of hydrogen-bond acceptors (Lipinski definition) is 3. The van der Waals surface area contributed by atoms with Gasteiger partial charge in [0.15, 0.2) is 0 Å². The fraction of sp³-hybridized carbons (Fsp3) is 1.00. The molecule has 1 heterocycles. The summed E-state index contributed by atoms with van der Waals surface area (Å²) in [4.78, 5) is 0. The summed E-state index contributed by atoms with van der Waals surface area (Å²) in [6.07, 6.45) is 1.06. The van der Waals surface area contributed by atoms with Crippen LogP contribution in [0.5, 0.6) is 0 Å². The molecule has 1 N–H and O–H groups in total. The van der Waals surface area contributed by atoms with Crippen LogP contribution in [0.4, 0.5) is 0 Å². The van der Waals surface area contributed by atoms with Crippen LogP contribution in [0.15, 0.2) is 0 Å². The van der Waals surface area contributed by atoms with Crippen LogP contribution in [-0.2, 0) is 9.47 Å². The van der Waals surface area contributed by atoms with Crippen molar-refractivity contribution in [2.24, 2.45) is 0 Å². The molecule has 3 nitrogen and oxygen atoms in total. The van der Waals surface area contributed by atoms with Gasteiger partial charge in [0.25, 0.3) is 0 Å². The van der Waals surface area contributed by atoms with Gasteiger partial charge >= 0.3 is 0 Å². The van der Waals surface area contributed by atoms with Crippen LogP contribution in [-0.4, -0.2) is 39.5 Å². The first kappa shape index (κ1) is 7.98. The Morgan fingerprint density at radius 1 is 1.60 bits per heavy atom. The number of rotatable bonds is 2. The lowest BCUT2D eigenvalue weighted by atomic mass is 10.2. The monoisotopic (exact) mass is 145 g/mol. The summed E-state index contributed by atoms with van der Waals surface area (Å²) in [5.74, 6) is 0. The number of ether oxygens (including phenoxy) is 2. The molecule has 10 heavy (non-hydrogen) atoms. The lowest BCUT2D eigenvalue weighted by Crippen LogP contribution is -2.33. The van der Waals surface area contributed by atoms with Crippen molar-refractivity contribution in [3.63, 3.8) is 0 Å². The molecule has 1 aliphatic rings. The van der Waals surface area contributed by atoms with Crippen LogP contribution in [0.3, 0.4) is 0 Å². The normalized spacial score (nSPS) is 27.9. The zero-order valence-electron chi connectivity index (χ0n) is 6.43. The first-order valence-corrected chi connectivity index (χ1v) is 3.73. The number of methoxy groups -OCH3 is 1. The lowest BCUT2D eigenvalue weighted by Gasteiger charge is -2.12. The van der Waals surface area contributed by atoms with Gasteiger partial charge in [0.1, 0.15) is 0 Å². The second-order valence-corrected chi connectivity index (χ2v) is 2.51. The van der Waals surface area contributed by atoms with Crippen molar-refractivity contribution in [3.8, 4) is 0 Å². The van der Waals surface area contributed by atoms with Crippen LogP contribution in [0, 0.1) is 0 Å². The molecule has 1 rings (SSSR count). The van der Waals surface area contributed by atoms with Crippen molar-refractivity contribution >= 4 is 0 Å². The Hall–Kier alpha value is -0.120. The van der Waals surface area contributed by atoms with E-state index in [1.165, 1.54) is 0 Å². The second kappa shape index (κ2) is 4.66. The summed E-state index contributed by atoms with van der Waals surface area (Å²) in [7, 11) is 1.73. The van der Waals surface area contributed by atoms with E-state index in [0.717, 1.165) is 32.8 Å². The molecule has 1 saturated heterocycles. The van der Waals surface area contributed by atoms with Gasteiger partial charge in [0.05, 0.1) is 13.2 Å². The average Bonchev–Trinajstić information content (AvgIpc) is 2.17. The molecule has 1 fully saturated rings. The smallest absolute Gasteiger partial charge is 0.0616 e. The van der Waals surface area contributed by atoms with Crippen LogP contribution in [0.25, 0.3) is 0 Å². The highest BCUT2D eigenvalue weighted by atomic mass is 16.5. The number of hydrogen-bond donors (Lipinski definition) is 1. The quantitative estimate of drug-likeness (QED) is 0.594. The van der Waals surface area contributed by atoms with Gasteiger partial charge < -0.3 is 14.8 Å². The first-order valence-electron chi connectivity index (χ1n) is 3.73. The Kier molecular flexibility index (Phi) is 3.72. The Bertz CT molecular complexity index is 79.7. The predicted molar refractivity (Wildman–Crippen MR) is 39.1 cm³/mol. The van der Waals surface area contributed by atoms with E-state index in [4.69, 9.17) is 9.47 Å². The topological polar surface area (TPSA) is 30.5 Å². The van der Waals surface area contributed by atoms with E-state index in [1.807, 2.05) is 0 Å². The predicted octanol–water partition coefficient (Wildman–Crippen LogP) is 0.0113. The van der Waals surface area contributed by atoms with Gasteiger partial charge in [-0.15, -0.1) is 0 Å². The minimum atomic E-state index is 0.493. The van der Waals surface area contributed by atoms with Gasteiger partial charge in [-0.1, -0.05) is 0 Å². The van der Waals surface area contributed by atoms with Gasteiger partial charge in [-0.25, -0.2) is 0 Å². The molecule has 0 bridgehead atoms. The Morgan fingerprint density at radius 3 is 3.30 bits per heavy atom. The Labute approximate surface area is 61.7 Å².